The SMILES string of the molecule is CO[Si](C)(CCCCCNCCC(=O)O)OC. The van der Waals surface area contributed by atoms with Gasteiger partial charge in [0.25, 0.3) is 0 Å². The van der Waals surface area contributed by atoms with Crippen molar-refractivity contribution in [3.05, 3.63) is 0 Å². The van der Waals surface area contributed by atoms with Crippen LogP contribution in [0.3, 0.4) is 0 Å². The molecule has 5 nitrogen and oxygen atoms in total. The Hall–Kier alpha value is -0.433. The molecule has 0 amide bonds. The Kier molecular flexibility index (Phi) is 9.34. The molecule has 0 unspecified atom stereocenters. The number of unbranched alkanes of at least 4 members (excludes halogenated alkanes) is 2. The summed E-state index contributed by atoms with van der Waals surface area (Å²) in [6.07, 6.45) is 3.48. The van der Waals surface area contributed by atoms with E-state index in [1.807, 2.05) is 0 Å². The molecule has 102 valence electrons. The van der Waals surface area contributed by atoms with Crippen molar-refractivity contribution in [3.63, 3.8) is 0 Å². The molecule has 2 N–H and O–H groups in total. The molecule has 0 bridgehead atoms. The number of carbonyl (C=O) groups is 1. The first-order valence-corrected chi connectivity index (χ1v) is 8.59. The van der Waals surface area contributed by atoms with Crippen LogP contribution in [-0.4, -0.2) is 46.9 Å². The fraction of sp³-hybridized carbons (Fsp3) is 0.909. The molecule has 0 aromatic heterocycles. The lowest BCUT2D eigenvalue weighted by Gasteiger charge is -2.22. The van der Waals surface area contributed by atoms with Gasteiger partial charge in [0, 0.05) is 20.8 Å². The summed E-state index contributed by atoms with van der Waals surface area (Å²) in [6, 6.07) is 1.01. The summed E-state index contributed by atoms with van der Waals surface area (Å²) in [7, 11) is 1.54. The fourth-order valence-corrected chi connectivity index (χ4v) is 2.95. The Morgan fingerprint density at radius 3 is 2.35 bits per heavy atom. The molecular formula is C11H25NO4Si. The Bertz CT molecular complexity index is 210. The summed E-state index contributed by atoms with van der Waals surface area (Å²) in [5.41, 5.74) is 0. The number of hydrogen-bond donors (Lipinski definition) is 2. The maximum Gasteiger partial charge on any atom is 0.334 e. The molecule has 0 rings (SSSR count). The molecule has 0 aliphatic rings. The second kappa shape index (κ2) is 9.58. The van der Waals surface area contributed by atoms with Crippen LogP contribution in [0.15, 0.2) is 0 Å². The zero-order chi connectivity index (χ0) is 13.1. The summed E-state index contributed by atoms with van der Waals surface area (Å²) in [6.45, 7) is 3.50. The minimum Gasteiger partial charge on any atom is -0.481 e. The summed E-state index contributed by atoms with van der Waals surface area (Å²) >= 11 is 0. The zero-order valence-corrected chi connectivity index (χ0v) is 12.1. The average molecular weight is 263 g/mol. The van der Waals surface area contributed by atoms with E-state index in [0.29, 0.717) is 6.54 Å². The first-order valence-electron chi connectivity index (χ1n) is 6.07. The molecule has 0 radical (unpaired) electrons. The Morgan fingerprint density at radius 2 is 1.82 bits per heavy atom. The van der Waals surface area contributed by atoms with Crippen molar-refractivity contribution in [2.45, 2.75) is 38.3 Å². The summed E-state index contributed by atoms with van der Waals surface area (Å²) in [4.78, 5) is 10.2. The lowest BCUT2D eigenvalue weighted by molar-refractivity contribution is -0.136. The summed E-state index contributed by atoms with van der Waals surface area (Å²) < 4.78 is 10.8. The van der Waals surface area contributed by atoms with Gasteiger partial charge in [-0.2, -0.15) is 0 Å². The van der Waals surface area contributed by atoms with Crippen LogP contribution in [0.1, 0.15) is 25.7 Å². The van der Waals surface area contributed by atoms with E-state index in [1.165, 1.54) is 0 Å². The van der Waals surface area contributed by atoms with Crippen LogP contribution < -0.4 is 5.32 Å². The smallest absolute Gasteiger partial charge is 0.334 e. The minimum atomic E-state index is -1.89. The molecule has 0 aromatic rings. The molecule has 0 spiro atoms. The average Bonchev–Trinajstić information content (AvgIpc) is 2.32. The molecule has 0 aromatic carbocycles. The highest BCUT2D eigenvalue weighted by Gasteiger charge is 2.27. The summed E-state index contributed by atoms with van der Waals surface area (Å²) in [5, 5.41) is 11.5. The lowest BCUT2D eigenvalue weighted by Crippen LogP contribution is -2.35. The van der Waals surface area contributed by atoms with Crippen molar-refractivity contribution < 1.29 is 18.8 Å². The topological polar surface area (TPSA) is 67.8 Å². The second-order valence-corrected chi connectivity index (χ2v) is 7.83. The molecule has 6 heteroatoms. The van der Waals surface area contributed by atoms with E-state index in [9.17, 15) is 4.79 Å². The first-order chi connectivity index (χ1) is 8.04. The van der Waals surface area contributed by atoms with Crippen molar-refractivity contribution in [1.29, 1.82) is 0 Å². The number of nitrogens with one attached hydrogen (secondary N) is 1. The Morgan fingerprint density at radius 1 is 1.18 bits per heavy atom. The van der Waals surface area contributed by atoms with Crippen molar-refractivity contribution in [2.75, 3.05) is 27.3 Å². The van der Waals surface area contributed by atoms with Gasteiger partial charge in [-0.1, -0.05) is 12.8 Å². The van der Waals surface area contributed by atoms with Crippen LogP contribution >= 0.6 is 0 Å². The monoisotopic (exact) mass is 263 g/mol. The molecule has 17 heavy (non-hydrogen) atoms. The third-order valence-corrected chi connectivity index (χ3v) is 5.85. The van der Waals surface area contributed by atoms with Crippen LogP contribution in [0.2, 0.25) is 12.6 Å². The van der Waals surface area contributed by atoms with Crippen molar-refractivity contribution in [1.82, 2.24) is 5.32 Å². The lowest BCUT2D eigenvalue weighted by atomic mass is 10.2. The van der Waals surface area contributed by atoms with Crippen LogP contribution in [0.4, 0.5) is 0 Å². The van der Waals surface area contributed by atoms with Crippen LogP contribution in [-0.2, 0) is 13.6 Å². The normalized spacial score (nSPS) is 11.7. The highest BCUT2D eigenvalue weighted by molar-refractivity contribution is 6.65. The molecule has 0 saturated carbocycles. The van der Waals surface area contributed by atoms with E-state index in [1.54, 1.807) is 14.2 Å². The molecule has 0 aliphatic heterocycles. The molecule has 0 aliphatic carbocycles. The molecule has 0 atom stereocenters. The summed E-state index contributed by atoms with van der Waals surface area (Å²) in [5.74, 6) is -0.751. The first kappa shape index (κ1) is 16.6. The van der Waals surface area contributed by atoms with E-state index in [2.05, 4.69) is 11.9 Å². The van der Waals surface area contributed by atoms with Crippen LogP contribution in [0, 0.1) is 0 Å². The quantitative estimate of drug-likeness (QED) is 0.437. The number of aliphatic carboxylic acids is 1. The molecular weight excluding hydrogens is 238 g/mol. The highest BCUT2D eigenvalue weighted by Crippen LogP contribution is 2.15. The van der Waals surface area contributed by atoms with Crippen molar-refractivity contribution in [3.8, 4) is 0 Å². The highest BCUT2D eigenvalue weighted by atomic mass is 28.4. The van der Waals surface area contributed by atoms with Gasteiger partial charge in [0.05, 0.1) is 6.42 Å². The Balaban J connectivity index is 3.32. The van der Waals surface area contributed by atoms with Gasteiger partial charge in [-0.15, -0.1) is 0 Å². The standard InChI is InChI=1S/C11H25NO4Si/c1-15-17(3,16-2)10-6-4-5-8-12-9-7-11(13)14/h12H,4-10H2,1-3H3,(H,13,14). The molecule has 0 heterocycles. The van der Waals surface area contributed by atoms with E-state index < -0.39 is 14.5 Å². The van der Waals surface area contributed by atoms with Gasteiger partial charge in [-0.05, 0) is 25.6 Å². The van der Waals surface area contributed by atoms with Crippen LogP contribution in [0.5, 0.6) is 0 Å². The zero-order valence-electron chi connectivity index (χ0n) is 11.1. The predicted octanol–water partition coefficient (Wildman–Crippen LogP) is 1.59. The number of carboxylic acids is 1. The predicted molar refractivity (Wildman–Crippen MR) is 69.4 cm³/mol. The third-order valence-electron chi connectivity index (χ3n) is 2.86. The molecule has 0 saturated heterocycles. The van der Waals surface area contributed by atoms with Gasteiger partial charge in [-0.25, -0.2) is 0 Å². The van der Waals surface area contributed by atoms with Gasteiger partial charge in [-0.3, -0.25) is 4.79 Å². The van der Waals surface area contributed by atoms with Gasteiger partial charge < -0.3 is 19.3 Å². The van der Waals surface area contributed by atoms with Crippen molar-refractivity contribution >= 4 is 14.5 Å². The van der Waals surface area contributed by atoms with E-state index in [0.717, 1.165) is 31.9 Å². The van der Waals surface area contributed by atoms with E-state index >= 15 is 0 Å². The second-order valence-electron chi connectivity index (χ2n) is 4.25. The van der Waals surface area contributed by atoms with Gasteiger partial charge >= 0.3 is 14.5 Å². The maximum absolute atomic E-state index is 10.2. The van der Waals surface area contributed by atoms with E-state index in [-0.39, 0.29) is 6.42 Å². The van der Waals surface area contributed by atoms with Gasteiger partial charge in [0.15, 0.2) is 0 Å². The minimum absolute atomic E-state index is 0.193. The Labute approximate surface area is 105 Å². The van der Waals surface area contributed by atoms with E-state index in [4.69, 9.17) is 14.0 Å². The third kappa shape index (κ3) is 9.28. The largest absolute Gasteiger partial charge is 0.481 e. The van der Waals surface area contributed by atoms with Gasteiger partial charge in [0.1, 0.15) is 0 Å². The number of rotatable bonds is 11. The van der Waals surface area contributed by atoms with Crippen molar-refractivity contribution in [2.24, 2.45) is 0 Å². The van der Waals surface area contributed by atoms with Gasteiger partial charge in [0.2, 0.25) is 0 Å². The molecule has 0 fully saturated rings. The number of hydrogen-bond acceptors (Lipinski definition) is 4. The van der Waals surface area contributed by atoms with Crippen LogP contribution in [0.25, 0.3) is 0 Å². The fourth-order valence-electron chi connectivity index (χ4n) is 1.48. The number of carboxylic acid groups (broad SMARTS) is 1. The maximum atomic E-state index is 10.2.